The van der Waals surface area contributed by atoms with Crippen LogP contribution in [0.5, 0.6) is 11.5 Å². The Morgan fingerprint density at radius 1 is 0.970 bits per heavy atom. The van der Waals surface area contributed by atoms with Crippen molar-refractivity contribution in [1.29, 1.82) is 0 Å². The van der Waals surface area contributed by atoms with Gasteiger partial charge in [-0.1, -0.05) is 37.1 Å². The number of phenolic OH excluding ortho intramolecular Hbond substituents is 2. The minimum Gasteiger partial charge on any atom is -0.504 e. The molecule has 3 fully saturated rings. The lowest BCUT2D eigenvalue weighted by molar-refractivity contribution is -0.145. The summed E-state index contributed by atoms with van der Waals surface area (Å²) >= 11 is 0. The van der Waals surface area contributed by atoms with Crippen LogP contribution in [0, 0.1) is 11.8 Å². The van der Waals surface area contributed by atoms with Crippen LogP contribution in [0.2, 0.25) is 0 Å². The molecule has 1 saturated carbocycles. The molecule has 2 aromatic rings. The van der Waals surface area contributed by atoms with Crippen molar-refractivity contribution < 1.29 is 24.6 Å². The molecule has 2 aromatic carbocycles. The quantitative estimate of drug-likeness (QED) is 0.422. The summed E-state index contributed by atoms with van der Waals surface area (Å²) in [7, 11) is 0. The van der Waals surface area contributed by atoms with Gasteiger partial charge >= 0.3 is 0 Å². The molecule has 4 N–H and O–H groups in total. The first-order valence-electron chi connectivity index (χ1n) is 11.5. The maximum absolute atomic E-state index is 13.8. The van der Waals surface area contributed by atoms with Gasteiger partial charge in [-0.05, 0) is 43.0 Å². The molecule has 3 aliphatic heterocycles. The second kappa shape index (κ2) is 7.05. The maximum Gasteiger partial charge on any atom is 0.250 e. The van der Waals surface area contributed by atoms with Crippen molar-refractivity contribution in [2.24, 2.45) is 11.8 Å². The zero-order valence-electron chi connectivity index (χ0n) is 18.0. The van der Waals surface area contributed by atoms with Crippen molar-refractivity contribution in [1.82, 2.24) is 10.2 Å². The van der Waals surface area contributed by atoms with Crippen LogP contribution in [0.4, 0.5) is 5.69 Å². The lowest BCUT2D eigenvalue weighted by atomic mass is 9.76. The fourth-order valence-electron chi connectivity index (χ4n) is 6.43. The Morgan fingerprint density at radius 2 is 1.73 bits per heavy atom. The summed E-state index contributed by atoms with van der Waals surface area (Å²) in [6, 6.07) is 11.2. The van der Waals surface area contributed by atoms with Crippen LogP contribution in [0.3, 0.4) is 0 Å². The third kappa shape index (κ3) is 2.70. The molecule has 0 radical (unpaired) electrons. The van der Waals surface area contributed by atoms with Gasteiger partial charge in [0, 0.05) is 23.3 Å². The van der Waals surface area contributed by atoms with Crippen molar-refractivity contribution in [3.8, 4) is 11.5 Å². The van der Waals surface area contributed by atoms with Crippen LogP contribution in [-0.2, 0) is 26.3 Å². The number of nitrogens with zero attached hydrogens (tertiary/aromatic N) is 1. The first kappa shape index (κ1) is 20.2. The van der Waals surface area contributed by atoms with Gasteiger partial charge in [0.2, 0.25) is 17.7 Å². The van der Waals surface area contributed by atoms with Gasteiger partial charge < -0.3 is 15.5 Å². The van der Waals surface area contributed by atoms with Crippen molar-refractivity contribution in [3.63, 3.8) is 0 Å². The van der Waals surface area contributed by atoms with Gasteiger partial charge in [0.1, 0.15) is 5.54 Å². The molecule has 2 saturated heterocycles. The third-order valence-corrected chi connectivity index (χ3v) is 7.84. The molecule has 8 heteroatoms. The Morgan fingerprint density at radius 3 is 2.48 bits per heavy atom. The van der Waals surface area contributed by atoms with E-state index in [1.54, 1.807) is 12.1 Å². The lowest BCUT2D eigenvalue weighted by Gasteiger charge is -2.31. The molecule has 0 bridgehead atoms. The number of carbonyl (C=O) groups excluding carboxylic acids is 3. The number of aromatic hydroxyl groups is 2. The number of rotatable bonds is 3. The average Bonchev–Trinajstić information content (AvgIpc) is 3.53. The van der Waals surface area contributed by atoms with E-state index in [4.69, 9.17) is 0 Å². The Bertz CT molecular complexity index is 1190. The summed E-state index contributed by atoms with van der Waals surface area (Å²) in [5.74, 6) is -2.79. The molecule has 6 rings (SSSR count). The Labute approximate surface area is 190 Å². The van der Waals surface area contributed by atoms with Crippen molar-refractivity contribution >= 4 is 23.4 Å². The van der Waals surface area contributed by atoms with Crippen molar-refractivity contribution in [2.75, 3.05) is 5.32 Å². The van der Waals surface area contributed by atoms with Gasteiger partial charge in [-0.3, -0.25) is 24.6 Å². The highest BCUT2D eigenvalue weighted by molar-refractivity contribution is 6.15. The summed E-state index contributed by atoms with van der Waals surface area (Å²) in [5, 5.41) is 25.9. The summed E-state index contributed by atoms with van der Waals surface area (Å²) in [4.78, 5) is 42.4. The zero-order valence-corrected chi connectivity index (χ0v) is 18.0. The number of amides is 3. The standard InChI is InChI=1S/C25H25N3O5/c29-18-10-9-13(12-19(18)30)11-17-20-21(23(32)28(22(20)31)14-5-1-2-6-14)25(27-17)15-7-3-4-8-16(15)26-24(25)33/h3-4,7-10,12,14,17,20-21,27,29-30H,1-2,5-6,11H2,(H,26,33)/t17-,20-,21-,25+/m1/s1. The number of phenols is 2. The largest absolute Gasteiger partial charge is 0.504 e. The maximum atomic E-state index is 13.8. The third-order valence-electron chi connectivity index (χ3n) is 7.84. The van der Waals surface area contributed by atoms with Crippen molar-refractivity contribution in [2.45, 2.75) is 49.7 Å². The first-order chi connectivity index (χ1) is 15.9. The topological polar surface area (TPSA) is 119 Å². The number of hydrogen-bond acceptors (Lipinski definition) is 6. The van der Waals surface area contributed by atoms with E-state index < -0.39 is 23.4 Å². The number of hydrogen-bond donors (Lipinski definition) is 4. The second-order valence-electron chi connectivity index (χ2n) is 9.57. The SMILES string of the molecule is O=C1[C@@H]2[C@@H](Cc3ccc(O)c(O)c3)N[C@]3(C(=O)Nc4ccccc43)[C@H]2C(=O)N1C1CCCC1. The predicted octanol–water partition coefficient (Wildman–Crippen LogP) is 2.00. The summed E-state index contributed by atoms with van der Waals surface area (Å²) in [6.45, 7) is 0. The van der Waals surface area contributed by atoms with E-state index in [9.17, 15) is 24.6 Å². The number of fused-ring (bicyclic) bond motifs is 4. The Hall–Kier alpha value is -3.39. The average molecular weight is 447 g/mol. The van der Waals surface area contributed by atoms with Gasteiger partial charge in [0.25, 0.3) is 0 Å². The van der Waals surface area contributed by atoms with E-state index in [-0.39, 0.29) is 35.3 Å². The molecule has 1 aliphatic carbocycles. The van der Waals surface area contributed by atoms with E-state index in [1.807, 2.05) is 18.2 Å². The van der Waals surface area contributed by atoms with Crippen LogP contribution >= 0.6 is 0 Å². The smallest absolute Gasteiger partial charge is 0.250 e. The van der Waals surface area contributed by atoms with E-state index >= 15 is 0 Å². The van der Waals surface area contributed by atoms with E-state index in [2.05, 4.69) is 10.6 Å². The Balaban J connectivity index is 1.46. The minimum absolute atomic E-state index is 0.106. The van der Waals surface area contributed by atoms with Crippen molar-refractivity contribution in [3.05, 3.63) is 53.6 Å². The molecule has 3 heterocycles. The fraction of sp³-hybridized carbons (Fsp3) is 0.400. The lowest BCUT2D eigenvalue weighted by Crippen LogP contribution is -2.54. The summed E-state index contributed by atoms with van der Waals surface area (Å²) in [5.41, 5.74) is 0.724. The molecular weight excluding hydrogens is 422 g/mol. The molecule has 4 atom stereocenters. The minimum atomic E-state index is -1.31. The fourth-order valence-corrected chi connectivity index (χ4v) is 6.43. The molecule has 0 unspecified atom stereocenters. The predicted molar refractivity (Wildman–Crippen MR) is 118 cm³/mol. The number of imide groups is 1. The highest BCUT2D eigenvalue weighted by Gasteiger charge is 2.70. The number of carbonyl (C=O) groups is 3. The van der Waals surface area contributed by atoms with Gasteiger partial charge in [-0.15, -0.1) is 0 Å². The number of para-hydroxylation sites is 1. The molecule has 170 valence electrons. The van der Waals surface area contributed by atoms with E-state index in [0.29, 0.717) is 23.2 Å². The molecular formula is C25H25N3O5. The number of nitrogens with one attached hydrogen (secondary N) is 2. The molecule has 0 aromatic heterocycles. The second-order valence-corrected chi connectivity index (χ2v) is 9.57. The molecule has 8 nitrogen and oxygen atoms in total. The van der Waals surface area contributed by atoms with Crippen LogP contribution < -0.4 is 10.6 Å². The summed E-state index contributed by atoms with van der Waals surface area (Å²) in [6.07, 6.45) is 3.90. The van der Waals surface area contributed by atoms with E-state index in [1.165, 1.54) is 17.0 Å². The van der Waals surface area contributed by atoms with Gasteiger partial charge in [-0.2, -0.15) is 0 Å². The first-order valence-corrected chi connectivity index (χ1v) is 11.5. The number of benzene rings is 2. The summed E-state index contributed by atoms with van der Waals surface area (Å²) < 4.78 is 0. The number of anilines is 1. The van der Waals surface area contributed by atoms with Crippen LogP contribution in [0.1, 0.15) is 36.8 Å². The number of likely N-dealkylation sites (tertiary alicyclic amines) is 1. The van der Waals surface area contributed by atoms with Gasteiger partial charge in [-0.25, -0.2) is 0 Å². The molecule has 33 heavy (non-hydrogen) atoms. The molecule has 3 amide bonds. The monoisotopic (exact) mass is 447 g/mol. The van der Waals surface area contributed by atoms with Crippen LogP contribution in [0.25, 0.3) is 0 Å². The van der Waals surface area contributed by atoms with Gasteiger partial charge in [0.05, 0.1) is 11.8 Å². The van der Waals surface area contributed by atoms with Crippen LogP contribution in [0.15, 0.2) is 42.5 Å². The van der Waals surface area contributed by atoms with Crippen LogP contribution in [-0.4, -0.2) is 44.9 Å². The highest BCUT2D eigenvalue weighted by atomic mass is 16.3. The Kier molecular flexibility index (Phi) is 4.32. The molecule has 1 spiro atoms. The van der Waals surface area contributed by atoms with Gasteiger partial charge in [0.15, 0.2) is 11.5 Å². The highest BCUT2D eigenvalue weighted by Crippen LogP contribution is 2.54. The zero-order chi connectivity index (χ0) is 22.9. The normalized spacial score (nSPS) is 30.8. The molecule has 4 aliphatic rings. The van der Waals surface area contributed by atoms with E-state index in [0.717, 1.165) is 25.7 Å².